The third-order valence-corrected chi connectivity index (χ3v) is 16.5. The lowest BCUT2D eigenvalue weighted by atomic mass is 10.0. The van der Waals surface area contributed by atoms with Crippen LogP contribution in [0.15, 0.2) is 0 Å². The molecule has 0 radical (unpaired) electrons. The van der Waals surface area contributed by atoms with Crippen molar-refractivity contribution in [2.75, 3.05) is 13.2 Å². The molecular formula is C27H71O9PSi7. The van der Waals surface area contributed by atoms with Crippen LogP contribution in [0.1, 0.15) is 0 Å². The van der Waals surface area contributed by atoms with E-state index in [9.17, 15) is 4.57 Å². The normalized spacial score (nSPS) is 17.8. The average molecular weight is 767 g/mol. The molecule has 0 saturated heterocycles. The first-order valence-corrected chi connectivity index (χ1v) is 41.3. The predicted molar refractivity (Wildman–Crippen MR) is 205 cm³/mol. The molecule has 0 aromatic carbocycles. The highest BCUT2D eigenvalue weighted by atomic mass is 31.2. The van der Waals surface area contributed by atoms with Crippen LogP contribution in [0.3, 0.4) is 0 Å². The summed E-state index contributed by atoms with van der Waals surface area (Å²) in [5, 5.41) is 0. The van der Waals surface area contributed by atoms with E-state index in [-0.39, 0.29) is 12.7 Å². The molecule has 0 aliphatic rings. The van der Waals surface area contributed by atoms with Gasteiger partial charge in [0, 0.05) is 0 Å². The van der Waals surface area contributed by atoms with E-state index in [2.05, 4.69) is 98.2 Å². The summed E-state index contributed by atoms with van der Waals surface area (Å²) >= 11 is 0. The monoisotopic (exact) mass is 766 g/mol. The van der Waals surface area contributed by atoms with Crippen molar-refractivity contribution in [1.29, 1.82) is 0 Å². The van der Waals surface area contributed by atoms with E-state index in [4.69, 9.17) is 35.1 Å². The van der Waals surface area contributed by atoms with Crippen molar-refractivity contribution < 1.29 is 39.6 Å². The van der Waals surface area contributed by atoms with Crippen LogP contribution in [0, 0.1) is 0 Å². The van der Waals surface area contributed by atoms with E-state index in [1.807, 2.05) is 39.3 Å². The van der Waals surface area contributed by atoms with Crippen molar-refractivity contribution in [2.45, 2.75) is 162 Å². The van der Waals surface area contributed by atoms with Crippen LogP contribution in [0.5, 0.6) is 0 Å². The van der Waals surface area contributed by atoms with Crippen LogP contribution in [-0.4, -0.2) is 95.9 Å². The van der Waals surface area contributed by atoms with Crippen molar-refractivity contribution in [1.82, 2.24) is 0 Å². The molecule has 9 nitrogen and oxygen atoms in total. The first-order chi connectivity index (χ1) is 19.0. The highest BCUT2D eigenvalue weighted by Crippen LogP contribution is 2.54. The van der Waals surface area contributed by atoms with Crippen molar-refractivity contribution >= 4 is 66.0 Å². The van der Waals surface area contributed by atoms with E-state index >= 15 is 0 Å². The molecule has 0 amide bonds. The first kappa shape index (κ1) is 45.4. The highest BCUT2D eigenvalue weighted by molar-refractivity contribution is 7.52. The van der Waals surface area contributed by atoms with Crippen LogP contribution < -0.4 is 0 Å². The van der Waals surface area contributed by atoms with E-state index in [1.54, 1.807) is 0 Å². The Kier molecular flexibility index (Phi) is 17.0. The first-order valence-electron chi connectivity index (χ1n) is 16.0. The quantitative estimate of drug-likeness (QED) is 0.0837. The number of hydrogen-bond acceptors (Lipinski definition) is 9. The molecule has 0 aliphatic carbocycles. The minimum Gasteiger partial charge on any atom is -0.415 e. The number of hydrogen-bond donors (Lipinski definition) is 0. The molecule has 0 heterocycles. The summed E-state index contributed by atoms with van der Waals surface area (Å²) in [6.07, 6.45) is -2.02. The van der Waals surface area contributed by atoms with Gasteiger partial charge in [-0.1, -0.05) is 0 Å². The molecule has 0 aromatic rings. The molecule has 0 bridgehead atoms. The highest BCUT2D eigenvalue weighted by Gasteiger charge is 2.47. The summed E-state index contributed by atoms with van der Waals surface area (Å²) in [6, 6.07) is 0. The van der Waals surface area contributed by atoms with Crippen molar-refractivity contribution in [3.63, 3.8) is 0 Å². The van der Waals surface area contributed by atoms with E-state index < -0.39 is 84.4 Å². The summed E-state index contributed by atoms with van der Waals surface area (Å²) in [5.41, 5.74) is 0. The summed E-state index contributed by atoms with van der Waals surface area (Å²) in [6.45, 7) is 44.8. The zero-order valence-electron chi connectivity index (χ0n) is 32.3. The second kappa shape index (κ2) is 16.4. The lowest BCUT2D eigenvalue weighted by molar-refractivity contribution is -0.0964. The maximum absolute atomic E-state index is 14.2. The Morgan fingerprint density at radius 2 is 0.705 bits per heavy atom. The Morgan fingerprint density at radius 1 is 0.409 bits per heavy atom. The fourth-order valence-corrected chi connectivity index (χ4v) is 15.8. The Morgan fingerprint density at radius 3 is 0.955 bits per heavy atom. The van der Waals surface area contributed by atoms with Gasteiger partial charge in [0.15, 0.2) is 58.2 Å². The van der Waals surface area contributed by atoms with Gasteiger partial charge in [0.25, 0.3) is 0 Å². The maximum atomic E-state index is 14.2. The fourth-order valence-electron chi connectivity index (χ4n) is 4.06. The van der Waals surface area contributed by atoms with Gasteiger partial charge in [-0.25, -0.2) is 4.57 Å². The fraction of sp³-hybridized carbons (Fsp3) is 1.00. The van der Waals surface area contributed by atoms with Gasteiger partial charge in [0.05, 0.1) is 37.6 Å². The van der Waals surface area contributed by atoms with Crippen molar-refractivity contribution in [2.24, 2.45) is 0 Å². The average Bonchev–Trinajstić information content (AvgIpc) is 2.64. The molecule has 44 heavy (non-hydrogen) atoms. The Balaban J connectivity index is 7.21. The van der Waals surface area contributed by atoms with Gasteiger partial charge >= 0.3 is 7.82 Å². The van der Waals surface area contributed by atoms with Crippen LogP contribution >= 0.6 is 7.82 Å². The van der Waals surface area contributed by atoms with Crippen LogP contribution in [0.2, 0.25) is 137 Å². The second-order valence-corrected chi connectivity index (χ2v) is 51.9. The topological polar surface area (TPSA) is 90.9 Å². The SMILES string of the molecule is C[Si](C)(C)OC[C@@H](O[Si](C)(C)C)[C@@H](O[Si](C)(C)C)[C@H](O[Si](C)(C)C)[C@H](COP(=O)(O[Si](C)(C)C)O[Si](C)(C)C)O[Si](C)(C)C. The third kappa shape index (κ3) is 23.7. The van der Waals surface area contributed by atoms with Gasteiger partial charge in [0.2, 0.25) is 0 Å². The minimum absolute atomic E-state index is 0.0221. The molecule has 0 N–H and O–H groups in total. The van der Waals surface area contributed by atoms with Gasteiger partial charge in [0.1, 0.15) is 0 Å². The van der Waals surface area contributed by atoms with Gasteiger partial charge < -0.3 is 30.6 Å². The van der Waals surface area contributed by atoms with Gasteiger partial charge in [-0.2, -0.15) is 0 Å². The van der Waals surface area contributed by atoms with E-state index in [0.717, 1.165) is 0 Å². The van der Waals surface area contributed by atoms with Gasteiger partial charge in [-0.3, -0.25) is 4.52 Å². The molecule has 0 aromatic heterocycles. The largest absolute Gasteiger partial charge is 0.455 e. The second-order valence-electron chi connectivity index (χ2n) is 18.5. The van der Waals surface area contributed by atoms with Crippen molar-refractivity contribution in [3.05, 3.63) is 0 Å². The smallest absolute Gasteiger partial charge is 0.415 e. The number of phosphoric acid groups is 1. The molecule has 0 fully saturated rings. The minimum atomic E-state index is -3.90. The van der Waals surface area contributed by atoms with Crippen molar-refractivity contribution in [3.8, 4) is 0 Å². The van der Waals surface area contributed by atoms with Gasteiger partial charge in [-0.15, -0.1) is 0 Å². The molecule has 0 unspecified atom stereocenters. The predicted octanol–water partition coefficient (Wildman–Crippen LogP) is 9.55. The maximum Gasteiger partial charge on any atom is 0.455 e. The zero-order valence-corrected chi connectivity index (χ0v) is 40.2. The van der Waals surface area contributed by atoms with Crippen LogP contribution in [0.4, 0.5) is 0 Å². The molecule has 266 valence electrons. The summed E-state index contributed by atoms with van der Waals surface area (Å²) in [7, 11) is -19.0. The lowest BCUT2D eigenvalue weighted by Gasteiger charge is -2.46. The standard InChI is InChI=1S/C27H71O9PSi7/c1-38(2,3)30-23-25(32-40(7,8)9)27(34-42(13,14)15)26(33-41(10,11)12)24(31-39(4,5)6)22-29-37(28,35-43(16,17)18)36-44(19,20)21/h24-27H,22-23H2,1-21H3/t24-,25+,26+,27+/m0/s1. The Hall–Kier alpha value is 1.43. The Bertz CT molecular complexity index is 890. The van der Waals surface area contributed by atoms with Crippen LogP contribution in [-0.2, 0) is 39.6 Å². The lowest BCUT2D eigenvalue weighted by Crippen LogP contribution is -2.60. The molecule has 4 atom stereocenters. The summed E-state index contributed by atoms with van der Waals surface area (Å²) < 4.78 is 67.1. The zero-order chi connectivity index (χ0) is 35.4. The summed E-state index contributed by atoms with van der Waals surface area (Å²) in [4.78, 5) is 0. The van der Waals surface area contributed by atoms with E-state index in [1.165, 1.54) is 0 Å². The summed E-state index contributed by atoms with van der Waals surface area (Å²) in [5.74, 6) is 0. The molecule has 0 saturated carbocycles. The van der Waals surface area contributed by atoms with E-state index in [0.29, 0.717) is 6.61 Å². The molecule has 17 heteroatoms. The molecular weight excluding hydrogens is 696 g/mol. The molecule has 0 spiro atoms. The Labute approximate surface area is 279 Å². The third-order valence-electron chi connectivity index (χ3n) is 4.89. The molecule has 0 aliphatic heterocycles. The molecule has 0 rings (SSSR count). The number of rotatable bonds is 21. The van der Waals surface area contributed by atoms with Gasteiger partial charge in [-0.05, 0) is 137 Å². The van der Waals surface area contributed by atoms with Crippen LogP contribution in [0.25, 0.3) is 0 Å².